The summed E-state index contributed by atoms with van der Waals surface area (Å²) in [5.74, 6) is 1.81. The zero-order chi connectivity index (χ0) is 16.2. The monoisotopic (exact) mass is 313 g/mol. The molecule has 0 spiro atoms. The van der Waals surface area contributed by atoms with E-state index in [0.717, 1.165) is 37.1 Å². The SMILES string of the molecule is COC1=C[C@]23CCN(C)[C@H](Cc4ccc(OC)c(O)c42)C3=CC1. The second kappa shape index (κ2) is 5.03. The number of benzene rings is 1. The van der Waals surface area contributed by atoms with Gasteiger partial charge in [-0.3, -0.25) is 4.90 Å². The number of likely N-dealkylation sites (tertiary alicyclic amines) is 1. The molecule has 1 aromatic rings. The smallest absolute Gasteiger partial charge is 0.162 e. The van der Waals surface area contributed by atoms with Crippen LogP contribution in [0, 0.1) is 0 Å². The van der Waals surface area contributed by atoms with Crippen LogP contribution in [0.15, 0.2) is 35.6 Å². The summed E-state index contributed by atoms with van der Waals surface area (Å²) in [4.78, 5) is 2.43. The number of hydrogen-bond acceptors (Lipinski definition) is 4. The molecule has 4 rings (SSSR count). The molecule has 4 nitrogen and oxygen atoms in total. The van der Waals surface area contributed by atoms with E-state index in [1.807, 2.05) is 6.07 Å². The van der Waals surface area contributed by atoms with Crippen LogP contribution in [-0.4, -0.2) is 43.9 Å². The van der Waals surface area contributed by atoms with Crippen molar-refractivity contribution in [1.82, 2.24) is 4.90 Å². The topological polar surface area (TPSA) is 41.9 Å². The third-order valence-corrected chi connectivity index (χ3v) is 5.76. The van der Waals surface area contributed by atoms with Gasteiger partial charge in [-0.2, -0.15) is 0 Å². The lowest BCUT2D eigenvalue weighted by Crippen LogP contribution is -2.53. The Kier molecular flexibility index (Phi) is 3.20. The van der Waals surface area contributed by atoms with Gasteiger partial charge in [0.15, 0.2) is 11.5 Å². The number of likely N-dealkylation sites (N-methyl/N-ethyl adjacent to an activating group) is 1. The Bertz CT molecular complexity index is 722. The zero-order valence-electron chi connectivity index (χ0n) is 13.9. The molecule has 4 heteroatoms. The molecule has 0 saturated carbocycles. The Morgan fingerprint density at radius 3 is 2.83 bits per heavy atom. The Balaban J connectivity index is 2.00. The summed E-state index contributed by atoms with van der Waals surface area (Å²) in [5.41, 5.74) is 3.38. The van der Waals surface area contributed by atoms with Crippen LogP contribution in [0.2, 0.25) is 0 Å². The van der Waals surface area contributed by atoms with Crippen molar-refractivity contribution in [1.29, 1.82) is 0 Å². The Labute approximate surface area is 137 Å². The van der Waals surface area contributed by atoms with Gasteiger partial charge in [0.25, 0.3) is 0 Å². The third kappa shape index (κ3) is 1.88. The van der Waals surface area contributed by atoms with E-state index < -0.39 is 0 Å². The van der Waals surface area contributed by atoms with Gasteiger partial charge >= 0.3 is 0 Å². The second-order valence-corrected chi connectivity index (χ2v) is 6.75. The Morgan fingerprint density at radius 2 is 2.09 bits per heavy atom. The fourth-order valence-corrected chi connectivity index (χ4v) is 4.61. The third-order valence-electron chi connectivity index (χ3n) is 5.76. The van der Waals surface area contributed by atoms with Crippen molar-refractivity contribution >= 4 is 0 Å². The predicted molar refractivity (Wildman–Crippen MR) is 88.9 cm³/mol. The largest absolute Gasteiger partial charge is 0.504 e. The lowest BCUT2D eigenvalue weighted by molar-refractivity contribution is 0.176. The lowest BCUT2D eigenvalue weighted by Gasteiger charge is -2.52. The van der Waals surface area contributed by atoms with Crippen LogP contribution in [0.5, 0.6) is 11.5 Å². The second-order valence-electron chi connectivity index (χ2n) is 6.75. The van der Waals surface area contributed by atoms with E-state index in [-0.39, 0.29) is 11.2 Å². The predicted octanol–water partition coefficient (Wildman–Crippen LogP) is 2.76. The van der Waals surface area contributed by atoms with Crippen LogP contribution in [0.3, 0.4) is 0 Å². The van der Waals surface area contributed by atoms with Crippen LogP contribution in [0.4, 0.5) is 0 Å². The van der Waals surface area contributed by atoms with E-state index in [1.54, 1.807) is 14.2 Å². The van der Waals surface area contributed by atoms with E-state index in [9.17, 15) is 5.11 Å². The first-order valence-electron chi connectivity index (χ1n) is 8.16. The first-order chi connectivity index (χ1) is 11.1. The van der Waals surface area contributed by atoms with E-state index in [4.69, 9.17) is 9.47 Å². The van der Waals surface area contributed by atoms with Crippen molar-refractivity contribution in [2.75, 3.05) is 27.8 Å². The molecule has 122 valence electrons. The van der Waals surface area contributed by atoms with Gasteiger partial charge in [-0.25, -0.2) is 0 Å². The first kappa shape index (κ1) is 14.6. The summed E-state index contributed by atoms with van der Waals surface area (Å²) in [5, 5.41) is 10.9. The summed E-state index contributed by atoms with van der Waals surface area (Å²) in [7, 11) is 5.52. The highest BCUT2D eigenvalue weighted by atomic mass is 16.5. The van der Waals surface area contributed by atoms with E-state index in [0.29, 0.717) is 11.8 Å². The van der Waals surface area contributed by atoms with Gasteiger partial charge in [-0.05, 0) is 49.7 Å². The molecular weight excluding hydrogens is 290 g/mol. The normalized spacial score (nSPS) is 29.1. The number of ether oxygens (including phenoxy) is 2. The zero-order valence-corrected chi connectivity index (χ0v) is 13.9. The van der Waals surface area contributed by atoms with Gasteiger partial charge in [0, 0.05) is 23.4 Å². The number of nitrogens with zero attached hydrogens (tertiary/aromatic N) is 1. The minimum Gasteiger partial charge on any atom is -0.504 e. The van der Waals surface area contributed by atoms with Crippen LogP contribution < -0.4 is 4.74 Å². The molecule has 0 aromatic heterocycles. The van der Waals surface area contributed by atoms with Crippen molar-refractivity contribution in [2.24, 2.45) is 0 Å². The van der Waals surface area contributed by atoms with Gasteiger partial charge in [-0.15, -0.1) is 0 Å². The van der Waals surface area contributed by atoms with E-state index in [1.165, 1.54) is 11.1 Å². The van der Waals surface area contributed by atoms with Crippen molar-refractivity contribution in [3.63, 3.8) is 0 Å². The van der Waals surface area contributed by atoms with E-state index >= 15 is 0 Å². The molecule has 2 bridgehead atoms. The number of phenols is 1. The number of allylic oxidation sites excluding steroid dienone is 2. The van der Waals surface area contributed by atoms with Crippen molar-refractivity contribution < 1.29 is 14.6 Å². The van der Waals surface area contributed by atoms with Crippen LogP contribution in [-0.2, 0) is 16.6 Å². The number of phenolic OH excluding ortho intramolecular Hbond substituents is 1. The standard InChI is InChI=1S/C19H23NO3/c1-20-9-8-19-11-13(22-2)5-6-14(19)15(20)10-12-4-7-16(23-3)18(21)17(12)19/h4,6-7,11,15,21H,5,8-10H2,1-3H3/t15-,19+/m1/s1. The number of aromatic hydroxyl groups is 1. The molecule has 23 heavy (non-hydrogen) atoms. The molecule has 3 aliphatic rings. The molecule has 0 radical (unpaired) electrons. The summed E-state index contributed by atoms with van der Waals surface area (Å²) >= 11 is 0. The molecule has 0 amide bonds. The van der Waals surface area contributed by atoms with Crippen LogP contribution in [0.25, 0.3) is 0 Å². The molecule has 1 fully saturated rings. The van der Waals surface area contributed by atoms with Gasteiger partial charge in [0.05, 0.1) is 20.0 Å². The van der Waals surface area contributed by atoms with E-state index in [2.05, 4.69) is 30.2 Å². The number of fused-ring (bicyclic) bond motifs is 1. The first-order valence-corrected chi connectivity index (χ1v) is 8.16. The highest BCUT2D eigenvalue weighted by Gasteiger charge is 2.50. The molecule has 0 unspecified atom stereocenters. The molecule has 1 saturated heterocycles. The lowest BCUT2D eigenvalue weighted by atomic mass is 9.58. The van der Waals surface area contributed by atoms with Gasteiger partial charge < -0.3 is 14.6 Å². The van der Waals surface area contributed by atoms with Gasteiger partial charge in [-0.1, -0.05) is 12.1 Å². The number of rotatable bonds is 2. The maximum atomic E-state index is 10.9. The minimum absolute atomic E-state index is 0.257. The van der Waals surface area contributed by atoms with Gasteiger partial charge in [0.2, 0.25) is 0 Å². The fourth-order valence-electron chi connectivity index (χ4n) is 4.61. The van der Waals surface area contributed by atoms with Crippen LogP contribution >= 0.6 is 0 Å². The van der Waals surface area contributed by atoms with Crippen LogP contribution in [0.1, 0.15) is 24.0 Å². The summed E-state index contributed by atoms with van der Waals surface area (Å²) in [6, 6.07) is 4.38. The minimum atomic E-state index is -0.257. The quantitative estimate of drug-likeness (QED) is 0.853. The van der Waals surface area contributed by atoms with Crippen molar-refractivity contribution in [3.8, 4) is 11.5 Å². The van der Waals surface area contributed by atoms with Crippen molar-refractivity contribution in [2.45, 2.75) is 30.7 Å². The summed E-state index contributed by atoms with van der Waals surface area (Å²) in [6.45, 7) is 1.01. The fraction of sp³-hybridized carbons (Fsp3) is 0.474. The molecule has 1 heterocycles. The molecule has 2 aliphatic carbocycles. The summed E-state index contributed by atoms with van der Waals surface area (Å²) in [6.07, 6.45) is 7.26. The summed E-state index contributed by atoms with van der Waals surface area (Å²) < 4.78 is 10.9. The maximum absolute atomic E-state index is 10.9. The molecule has 1 aromatic carbocycles. The maximum Gasteiger partial charge on any atom is 0.162 e. The number of piperidine rings is 1. The molecular formula is C19H23NO3. The molecule has 2 atom stereocenters. The van der Waals surface area contributed by atoms with Crippen molar-refractivity contribution in [3.05, 3.63) is 46.7 Å². The Morgan fingerprint density at radius 1 is 1.26 bits per heavy atom. The molecule has 1 aliphatic heterocycles. The highest BCUT2D eigenvalue weighted by molar-refractivity contribution is 5.64. The average molecular weight is 313 g/mol. The van der Waals surface area contributed by atoms with Gasteiger partial charge in [0.1, 0.15) is 0 Å². The average Bonchev–Trinajstić information content (AvgIpc) is 2.57. The number of methoxy groups -OCH3 is 2. The number of hydrogen-bond donors (Lipinski definition) is 1. The Hall–Kier alpha value is -1.94. The molecule has 1 N–H and O–H groups in total. The highest BCUT2D eigenvalue weighted by Crippen LogP contribution is 2.55.